The molecule has 0 aliphatic carbocycles. The second kappa shape index (κ2) is 5.54. The SMILES string of the molecule is Cc1cc(C(=O)Nc2ccc3ncccc3c2)ccc1Cl. The third-order valence-electron chi connectivity index (χ3n) is 3.28. The Hall–Kier alpha value is -2.39. The molecule has 1 heterocycles. The Morgan fingerprint density at radius 1 is 1.14 bits per heavy atom. The van der Waals surface area contributed by atoms with Crippen LogP contribution in [-0.4, -0.2) is 10.9 Å². The van der Waals surface area contributed by atoms with Crippen molar-refractivity contribution in [2.24, 2.45) is 0 Å². The Bertz CT molecular complexity index is 830. The Balaban J connectivity index is 1.87. The van der Waals surface area contributed by atoms with E-state index in [0.29, 0.717) is 10.6 Å². The van der Waals surface area contributed by atoms with Gasteiger partial charge < -0.3 is 5.32 Å². The van der Waals surface area contributed by atoms with Gasteiger partial charge in [-0.25, -0.2) is 0 Å². The number of hydrogen-bond acceptors (Lipinski definition) is 2. The van der Waals surface area contributed by atoms with Gasteiger partial charge in [0.15, 0.2) is 0 Å². The summed E-state index contributed by atoms with van der Waals surface area (Å²) in [6, 6.07) is 14.7. The van der Waals surface area contributed by atoms with Gasteiger partial charge in [-0.05, 0) is 55.0 Å². The number of benzene rings is 2. The minimum atomic E-state index is -0.155. The Kier molecular flexibility index (Phi) is 3.59. The molecule has 1 aromatic heterocycles. The van der Waals surface area contributed by atoms with Crippen LogP contribution < -0.4 is 5.32 Å². The zero-order chi connectivity index (χ0) is 14.8. The fourth-order valence-corrected chi connectivity index (χ4v) is 2.26. The van der Waals surface area contributed by atoms with Gasteiger partial charge in [-0.2, -0.15) is 0 Å². The standard InChI is InChI=1S/C17H13ClN2O/c1-11-9-13(4-6-15(11)18)17(21)20-14-5-7-16-12(10-14)3-2-8-19-16/h2-10H,1H3,(H,20,21). The lowest BCUT2D eigenvalue weighted by Crippen LogP contribution is -2.12. The summed E-state index contributed by atoms with van der Waals surface area (Å²) in [4.78, 5) is 16.5. The van der Waals surface area contributed by atoms with Crippen LogP contribution in [0.3, 0.4) is 0 Å². The molecule has 0 radical (unpaired) electrons. The molecule has 2 aromatic carbocycles. The van der Waals surface area contributed by atoms with Crippen molar-refractivity contribution in [3.8, 4) is 0 Å². The number of aryl methyl sites for hydroxylation is 1. The van der Waals surface area contributed by atoms with E-state index in [2.05, 4.69) is 10.3 Å². The van der Waals surface area contributed by atoms with Crippen LogP contribution in [0.5, 0.6) is 0 Å². The average Bonchev–Trinajstić information content (AvgIpc) is 2.50. The van der Waals surface area contributed by atoms with Crippen LogP contribution in [0, 0.1) is 6.92 Å². The molecular formula is C17H13ClN2O. The quantitative estimate of drug-likeness (QED) is 0.759. The number of amides is 1. The first kappa shape index (κ1) is 13.6. The second-order valence-corrected chi connectivity index (χ2v) is 5.24. The van der Waals surface area contributed by atoms with E-state index in [1.54, 1.807) is 24.4 Å². The third kappa shape index (κ3) is 2.88. The van der Waals surface area contributed by atoms with Crippen LogP contribution in [0.2, 0.25) is 5.02 Å². The van der Waals surface area contributed by atoms with E-state index in [9.17, 15) is 4.79 Å². The molecule has 3 rings (SSSR count). The Morgan fingerprint density at radius 3 is 2.81 bits per heavy atom. The Labute approximate surface area is 127 Å². The van der Waals surface area contributed by atoms with E-state index >= 15 is 0 Å². The van der Waals surface area contributed by atoms with E-state index in [0.717, 1.165) is 22.2 Å². The summed E-state index contributed by atoms with van der Waals surface area (Å²) in [5.74, 6) is -0.155. The highest BCUT2D eigenvalue weighted by atomic mass is 35.5. The van der Waals surface area contributed by atoms with Crippen molar-refractivity contribution in [2.75, 3.05) is 5.32 Å². The topological polar surface area (TPSA) is 42.0 Å². The molecule has 1 amide bonds. The monoisotopic (exact) mass is 296 g/mol. The molecule has 3 aromatic rings. The van der Waals surface area contributed by atoms with Gasteiger partial charge in [0.1, 0.15) is 0 Å². The molecule has 3 nitrogen and oxygen atoms in total. The van der Waals surface area contributed by atoms with Gasteiger partial charge in [-0.1, -0.05) is 17.7 Å². The second-order valence-electron chi connectivity index (χ2n) is 4.83. The average molecular weight is 297 g/mol. The normalized spacial score (nSPS) is 10.6. The van der Waals surface area contributed by atoms with Gasteiger partial charge in [-0.3, -0.25) is 9.78 Å². The largest absolute Gasteiger partial charge is 0.322 e. The molecule has 1 N–H and O–H groups in total. The number of hydrogen-bond donors (Lipinski definition) is 1. The lowest BCUT2D eigenvalue weighted by molar-refractivity contribution is 0.102. The van der Waals surface area contributed by atoms with Gasteiger partial charge >= 0.3 is 0 Å². The van der Waals surface area contributed by atoms with E-state index in [4.69, 9.17) is 11.6 Å². The highest BCUT2D eigenvalue weighted by Gasteiger charge is 2.08. The molecule has 0 aliphatic rings. The first-order valence-corrected chi connectivity index (χ1v) is 6.93. The zero-order valence-corrected chi connectivity index (χ0v) is 12.2. The molecule has 21 heavy (non-hydrogen) atoms. The number of rotatable bonds is 2. The minimum Gasteiger partial charge on any atom is -0.322 e. The third-order valence-corrected chi connectivity index (χ3v) is 3.71. The number of nitrogens with zero attached hydrogens (tertiary/aromatic N) is 1. The van der Waals surface area contributed by atoms with Crippen molar-refractivity contribution in [2.45, 2.75) is 6.92 Å². The number of anilines is 1. The molecule has 0 spiro atoms. The van der Waals surface area contributed by atoms with Crippen LogP contribution in [-0.2, 0) is 0 Å². The predicted octanol–water partition coefficient (Wildman–Crippen LogP) is 4.45. The van der Waals surface area contributed by atoms with Gasteiger partial charge in [0.05, 0.1) is 5.52 Å². The number of nitrogens with one attached hydrogen (secondary N) is 1. The summed E-state index contributed by atoms with van der Waals surface area (Å²) in [5.41, 5.74) is 3.11. The van der Waals surface area contributed by atoms with Crippen molar-refractivity contribution in [1.29, 1.82) is 0 Å². The molecule has 0 fully saturated rings. The van der Waals surface area contributed by atoms with Gasteiger partial charge in [0.25, 0.3) is 5.91 Å². The summed E-state index contributed by atoms with van der Waals surface area (Å²) in [6.07, 6.45) is 1.75. The van der Waals surface area contributed by atoms with E-state index in [-0.39, 0.29) is 5.91 Å². The van der Waals surface area contributed by atoms with E-state index in [1.165, 1.54) is 0 Å². The van der Waals surface area contributed by atoms with Crippen molar-refractivity contribution in [3.05, 3.63) is 70.9 Å². The van der Waals surface area contributed by atoms with Crippen molar-refractivity contribution in [1.82, 2.24) is 4.98 Å². The zero-order valence-electron chi connectivity index (χ0n) is 11.4. The first-order valence-electron chi connectivity index (χ1n) is 6.56. The number of carbonyl (C=O) groups is 1. The van der Waals surface area contributed by atoms with Crippen molar-refractivity contribution >= 4 is 34.1 Å². The van der Waals surface area contributed by atoms with E-state index < -0.39 is 0 Å². The summed E-state index contributed by atoms with van der Waals surface area (Å²) in [7, 11) is 0. The summed E-state index contributed by atoms with van der Waals surface area (Å²) in [5, 5.41) is 4.53. The fraction of sp³-hybridized carbons (Fsp3) is 0.0588. The van der Waals surface area contributed by atoms with Crippen LogP contribution in [0.4, 0.5) is 5.69 Å². The summed E-state index contributed by atoms with van der Waals surface area (Å²) < 4.78 is 0. The smallest absolute Gasteiger partial charge is 0.255 e. The van der Waals surface area contributed by atoms with Crippen LogP contribution in [0.1, 0.15) is 15.9 Å². The highest BCUT2D eigenvalue weighted by Crippen LogP contribution is 2.20. The molecule has 0 bridgehead atoms. The molecule has 0 saturated carbocycles. The lowest BCUT2D eigenvalue weighted by atomic mass is 10.1. The van der Waals surface area contributed by atoms with Crippen LogP contribution in [0.15, 0.2) is 54.7 Å². The highest BCUT2D eigenvalue weighted by molar-refractivity contribution is 6.31. The molecule has 0 atom stereocenters. The van der Waals surface area contributed by atoms with E-state index in [1.807, 2.05) is 37.3 Å². The van der Waals surface area contributed by atoms with Crippen LogP contribution in [0.25, 0.3) is 10.9 Å². The van der Waals surface area contributed by atoms with Crippen molar-refractivity contribution < 1.29 is 4.79 Å². The number of aromatic nitrogens is 1. The molecule has 0 aliphatic heterocycles. The predicted molar refractivity (Wildman–Crippen MR) is 85.9 cm³/mol. The van der Waals surface area contributed by atoms with Crippen LogP contribution >= 0.6 is 11.6 Å². The van der Waals surface area contributed by atoms with Crippen molar-refractivity contribution in [3.63, 3.8) is 0 Å². The maximum Gasteiger partial charge on any atom is 0.255 e. The number of pyridine rings is 1. The summed E-state index contributed by atoms with van der Waals surface area (Å²) >= 11 is 5.97. The molecule has 104 valence electrons. The molecule has 0 unspecified atom stereocenters. The summed E-state index contributed by atoms with van der Waals surface area (Å²) in [6.45, 7) is 1.88. The Morgan fingerprint density at radius 2 is 2.00 bits per heavy atom. The van der Waals surface area contributed by atoms with Gasteiger partial charge in [0.2, 0.25) is 0 Å². The number of carbonyl (C=O) groups excluding carboxylic acids is 1. The number of halogens is 1. The fourth-order valence-electron chi connectivity index (χ4n) is 2.14. The lowest BCUT2D eigenvalue weighted by Gasteiger charge is -2.07. The maximum atomic E-state index is 12.2. The van der Waals surface area contributed by atoms with Gasteiger partial charge in [-0.15, -0.1) is 0 Å². The maximum absolute atomic E-state index is 12.2. The molecular weight excluding hydrogens is 284 g/mol. The minimum absolute atomic E-state index is 0.155. The molecule has 4 heteroatoms. The molecule has 0 saturated heterocycles. The number of fused-ring (bicyclic) bond motifs is 1. The first-order chi connectivity index (χ1) is 10.1. The van der Waals surface area contributed by atoms with Gasteiger partial charge in [0, 0.05) is 27.9 Å².